The first-order chi connectivity index (χ1) is 10.6. The van der Waals surface area contributed by atoms with Gasteiger partial charge in [-0.3, -0.25) is 20.0 Å². The second-order valence-corrected chi connectivity index (χ2v) is 5.36. The lowest BCUT2D eigenvalue weighted by Gasteiger charge is -2.36. The van der Waals surface area contributed by atoms with Crippen molar-refractivity contribution in [3.8, 4) is 0 Å². The molecule has 1 aliphatic heterocycles. The highest BCUT2D eigenvalue weighted by molar-refractivity contribution is 6.08. The van der Waals surface area contributed by atoms with Crippen molar-refractivity contribution in [2.24, 2.45) is 12.0 Å². The first-order valence-corrected chi connectivity index (χ1v) is 7.39. The molecule has 7 heteroatoms. The van der Waals surface area contributed by atoms with Crippen molar-refractivity contribution in [2.75, 3.05) is 33.9 Å². The van der Waals surface area contributed by atoms with Gasteiger partial charge in [0.25, 0.3) is 0 Å². The fourth-order valence-electron chi connectivity index (χ4n) is 2.64. The Morgan fingerprint density at radius 3 is 2.91 bits per heavy atom. The Kier molecular flexibility index (Phi) is 5.57. The van der Waals surface area contributed by atoms with Gasteiger partial charge in [0.2, 0.25) is 0 Å². The van der Waals surface area contributed by atoms with Gasteiger partial charge in [0.1, 0.15) is 5.82 Å². The zero-order chi connectivity index (χ0) is 16.1. The van der Waals surface area contributed by atoms with Crippen molar-refractivity contribution in [3.05, 3.63) is 29.4 Å². The number of nitrogens with zero attached hydrogens (tertiary/aromatic N) is 4. The van der Waals surface area contributed by atoms with Crippen molar-refractivity contribution in [2.45, 2.75) is 19.9 Å². The number of rotatable bonds is 5. The summed E-state index contributed by atoms with van der Waals surface area (Å²) in [7, 11) is 5.31. The molecule has 7 nitrogen and oxygen atoms in total. The second kappa shape index (κ2) is 7.42. The third-order valence-electron chi connectivity index (χ3n) is 3.76. The number of aryl methyl sites for hydroxylation is 2. The molecule has 0 amide bonds. The van der Waals surface area contributed by atoms with Crippen LogP contribution >= 0.6 is 0 Å². The number of nitrogens with one attached hydrogen (secondary N) is 1. The number of aromatic nitrogens is 2. The van der Waals surface area contributed by atoms with Gasteiger partial charge in [-0.1, -0.05) is 0 Å². The molecule has 122 valence electrons. The van der Waals surface area contributed by atoms with Gasteiger partial charge in [-0.2, -0.15) is 5.10 Å². The molecule has 0 bridgehead atoms. The summed E-state index contributed by atoms with van der Waals surface area (Å²) in [5.74, 6) is 0.875. The van der Waals surface area contributed by atoms with Crippen LogP contribution in [0.25, 0.3) is 0 Å². The van der Waals surface area contributed by atoms with Gasteiger partial charge in [-0.15, -0.1) is 0 Å². The molecule has 0 aliphatic carbocycles. The summed E-state index contributed by atoms with van der Waals surface area (Å²) in [6.45, 7) is 6.37. The molecule has 1 N–H and O–H groups in total. The second-order valence-electron chi connectivity index (χ2n) is 5.36. The minimum atomic E-state index is 0.272. The Morgan fingerprint density at radius 1 is 1.59 bits per heavy atom. The van der Waals surface area contributed by atoms with Gasteiger partial charge < -0.3 is 9.64 Å². The molecule has 0 spiro atoms. The van der Waals surface area contributed by atoms with Crippen LogP contribution in [0, 0.1) is 6.92 Å². The number of morpholine rings is 1. The zero-order valence-corrected chi connectivity index (χ0v) is 14.0. The van der Waals surface area contributed by atoms with E-state index in [0.29, 0.717) is 13.2 Å². The van der Waals surface area contributed by atoms with E-state index in [1.165, 1.54) is 0 Å². The van der Waals surface area contributed by atoms with E-state index in [2.05, 4.69) is 27.4 Å². The predicted molar refractivity (Wildman–Crippen MR) is 85.6 cm³/mol. The molecule has 0 saturated carbocycles. The molecule has 1 atom stereocenters. The van der Waals surface area contributed by atoms with E-state index in [-0.39, 0.29) is 6.04 Å². The van der Waals surface area contributed by atoms with E-state index < -0.39 is 0 Å². The number of ether oxygens (including phenoxy) is 1. The summed E-state index contributed by atoms with van der Waals surface area (Å²) in [5.41, 5.74) is 5.91. The molecule has 1 aromatic heterocycles. The molecule has 0 unspecified atom stereocenters. The van der Waals surface area contributed by atoms with Crippen LogP contribution in [0.1, 0.15) is 18.2 Å². The minimum absolute atomic E-state index is 0.272. The normalized spacial score (nSPS) is 20.4. The van der Waals surface area contributed by atoms with E-state index in [9.17, 15) is 0 Å². The molecule has 1 aromatic rings. The Morgan fingerprint density at radius 2 is 2.36 bits per heavy atom. The number of hydrogen-bond acceptors (Lipinski definition) is 6. The van der Waals surface area contributed by atoms with E-state index in [1.807, 2.05) is 30.9 Å². The smallest absolute Gasteiger partial charge is 0.128 e. The van der Waals surface area contributed by atoms with Gasteiger partial charge in [0, 0.05) is 26.7 Å². The molecule has 1 aliphatic rings. The van der Waals surface area contributed by atoms with E-state index >= 15 is 0 Å². The summed E-state index contributed by atoms with van der Waals surface area (Å²) in [6, 6.07) is 0.272. The Balaban J connectivity index is 2.35. The van der Waals surface area contributed by atoms with Gasteiger partial charge in [-0.05, 0) is 19.4 Å². The lowest BCUT2D eigenvalue weighted by molar-refractivity contribution is -0.00599. The first-order valence-electron chi connectivity index (χ1n) is 7.39. The van der Waals surface area contributed by atoms with Crippen molar-refractivity contribution in [3.63, 3.8) is 0 Å². The monoisotopic (exact) mass is 307 g/mol. The lowest BCUT2D eigenvalue weighted by Crippen LogP contribution is -2.46. The number of hydroxylamine groups is 1. The van der Waals surface area contributed by atoms with Crippen molar-refractivity contribution in [1.82, 2.24) is 20.2 Å². The van der Waals surface area contributed by atoms with Crippen LogP contribution in [-0.4, -0.2) is 60.3 Å². The average molecular weight is 307 g/mol. The maximum absolute atomic E-state index is 5.50. The SMILES string of the molecule is CN=C(C=C(NOC)N1CCOC[C@H]1C)c1c(C)cnn1C. The Bertz CT molecular complexity index is 545. The maximum Gasteiger partial charge on any atom is 0.128 e. The molecule has 2 rings (SSSR count). The van der Waals surface area contributed by atoms with E-state index in [1.54, 1.807) is 14.2 Å². The van der Waals surface area contributed by atoms with Crippen LogP contribution in [0.4, 0.5) is 0 Å². The first kappa shape index (κ1) is 16.5. The topological polar surface area (TPSA) is 63.9 Å². The molecule has 2 heterocycles. The summed E-state index contributed by atoms with van der Waals surface area (Å²) in [4.78, 5) is 11.8. The molecular formula is C15H25N5O2. The molecule has 0 aromatic carbocycles. The van der Waals surface area contributed by atoms with Gasteiger partial charge in [0.05, 0.1) is 44.0 Å². The van der Waals surface area contributed by atoms with Crippen LogP contribution in [-0.2, 0) is 16.6 Å². The molecule has 1 saturated heterocycles. The highest BCUT2D eigenvalue weighted by atomic mass is 16.6. The maximum atomic E-state index is 5.50. The van der Waals surface area contributed by atoms with Crippen LogP contribution in [0.3, 0.4) is 0 Å². The fraction of sp³-hybridized carbons (Fsp3) is 0.600. The fourth-order valence-corrected chi connectivity index (χ4v) is 2.64. The van der Waals surface area contributed by atoms with E-state index in [4.69, 9.17) is 9.57 Å². The zero-order valence-electron chi connectivity index (χ0n) is 14.0. The third kappa shape index (κ3) is 3.48. The number of hydrogen-bond donors (Lipinski definition) is 1. The van der Waals surface area contributed by atoms with Gasteiger partial charge in [-0.25, -0.2) is 0 Å². The van der Waals surface area contributed by atoms with E-state index in [0.717, 1.165) is 29.3 Å². The minimum Gasteiger partial charge on any atom is -0.377 e. The Labute approximate surface area is 131 Å². The summed E-state index contributed by atoms with van der Waals surface area (Å²) in [6.07, 6.45) is 3.84. The van der Waals surface area contributed by atoms with Gasteiger partial charge in [0.15, 0.2) is 0 Å². The number of allylic oxidation sites excluding steroid dienone is 1. The standard InChI is InChI=1S/C15H25N5O2/c1-11-9-17-19(4)15(11)13(16-3)8-14(18-21-5)20-6-7-22-10-12(20)2/h8-9,12,18H,6-7,10H2,1-5H3/t12-/m1/s1. The average Bonchev–Trinajstić information content (AvgIpc) is 2.84. The van der Waals surface area contributed by atoms with Crippen molar-refractivity contribution < 1.29 is 9.57 Å². The van der Waals surface area contributed by atoms with Crippen LogP contribution in [0.15, 0.2) is 23.1 Å². The summed E-state index contributed by atoms with van der Waals surface area (Å²) in [5, 5.41) is 4.29. The van der Waals surface area contributed by atoms with Crippen molar-refractivity contribution >= 4 is 5.71 Å². The van der Waals surface area contributed by atoms with Crippen LogP contribution in [0.2, 0.25) is 0 Å². The summed E-state index contributed by atoms with van der Waals surface area (Å²) < 4.78 is 7.33. The highest BCUT2D eigenvalue weighted by Gasteiger charge is 2.22. The van der Waals surface area contributed by atoms with Crippen LogP contribution < -0.4 is 5.48 Å². The Hall–Kier alpha value is -1.86. The van der Waals surface area contributed by atoms with Gasteiger partial charge >= 0.3 is 0 Å². The molecular weight excluding hydrogens is 282 g/mol. The molecule has 0 radical (unpaired) electrons. The largest absolute Gasteiger partial charge is 0.377 e. The number of aliphatic imine (C=N–C) groups is 1. The molecule has 1 fully saturated rings. The third-order valence-corrected chi connectivity index (χ3v) is 3.76. The van der Waals surface area contributed by atoms with Crippen molar-refractivity contribution in [1.29, 1.82) is 0 Å². The predicted octanol–water partition coefficient (Wildman–Crippen LogP) is 0.861. The molecule has 22 heavy (non-hydrogen) atoms. The highest BCUT2D eigenvalue weighted by Crippen LogP contribution is 2.15. The quantitative estimate of drug-likeness (QED) is 0.646. The summed E-state index contributed by atoms with van der Waals surface area (Å²) >= 11 is 0. The lowest BCUT2D eigenvalue weighted by atomic mass is 10.1. The van der Waals surface area contributed by atoms with Crippen LogP contribution in [0.5, 0.6) is 0 Å².